The summed E-state index contributed by atoms with van der Waals surface area (Å²) in [4.78, 5) is 0. The fraction of sp³-hybridized carbons (Fsp3) is 0.154. The van der Waals surface area contributed by atoms with Crippen LogP contribution >= 0.6 is 0 Å². The third-order valence-electron chi connectivity index (χ3n) is 2.78. The van der Waals surface area contributed by atoms with E-state index in [4.69, 9.17) is 11.5 Å². The minimum atomic E-state index is -4.50. The Morgan fingerprint density at radius 3 is 2.55 bits per heavy atom. The molecule has 0 saturated carbocycles. The summed E-state index contributed by atoms with van der Waals surface area (Å²) in [5, 5.41) is 10.6. The van der Waals surface area contributed by atoms with Crippen molar-refractivity contribution >= 4 is 12.2 Å². The van der Waals surface area contributed by atoms with E-state index in [-0.39, 0.29) is 5.96 Å². The number of hydrogen-bond acceptors (Lipinski definition) is 3. The first-order chi connectivity index (χ1) is 10.3. The molecule has 0 amide bonds. The van der Waals surface area contributed by atoms with Crippen LogP contribution in [0, 0.1) is 0 Å². The molecule has 4 N–H and O–H groups in total. The topological polar surface area (TPSA) is 94.6 Å². The lowest BCUT2D eigenvalue weighted by Crippen LogP contribution is -2.21. The van der Waals surface area contributed by atoms with E-state index in [1.165, 1.54) is 13.3 Å². The predicted octanol–water partition coefficient (Wildman–Crippen LogP) is 1.71. The lowest BCUT2D eigenvalue weighted by molar-refractivity contribution is -0.141. The molecule has 0 spiro atoms. The molecule has 0 bridgehead atoms. The summed E-state index contributed by atoms with van der Waals surface area (Å²) >= 11 is 0. The molecule has 0 aliphatic heterocycles. The van der Waals surface area contributed by atoms with Crippen molar-refractivity contribution in [3.8, 4) is 11.3 Å². The van der Waals surface area contributed by atoms with Gasteiger partial charge < -0.3 is 11.5 Å². The zero-order valence-electron chi connectivity index (χ0n) is 11.5. The maximum atomic E-state index is 12.7. The van der Waals surface area contributed by atoms with Crippen LogP contribution in [0.2, 0.25) is 0 Å². The van der Waals surface area contributed by atoms with E-state index in [9.17, 15) is 13.2 Å². The summed E-state index contributed by atoms with van der Waals surface area (Å²) in [7, 11) is 1.44. The molecule has 2 rings (SSSR count). The van der Waals surface area contributed by atoms with Gasteiger partial charge in [-0.2, -0.15) is 23.4 Å². The van der Waals surface area contributed by atoms with Gasteiger partial charge in [-0.1, -0.05) is 24.3 Å². The average molecular weight is 310 g/mol. The summed E-state index contributed by atoms with van der Waals surface area (Å²) in [6, 6.07) is 7.75. The quantitative estimate of drug-likeness (QED) is 0.513. The Balaban J connectivity index is 2.48. The Labute approximate surface area is 123 Å². The number of nitrogens with zero attached hydrogens (tertiary/aromatic N) is 4. The fourth-order valence-electron chi connectivity index (χ4n) is 1.86. The molecular weight excluding hydrogens is 297 g/mol. The fourth-order valence-corrected chi connectivity index (χ4v) is 1.86. The van der Waals surface area contributed by atoms with Crippen LogP contribution in [0.25, 0.3) is 11.3 Å². The van der Waals surface area contributed by atoms with E-state index in [0.717, 1.165) is 10.7 Å². The maximum absolute atomic E-state index is 12.7. The Morgan fingerprint density at radius 1 is 1.27 bits per heavy atom. The number of aromatic nitrogens is 2. The zero-order valence-corrected chi connectivity index (χ0v) is 11.5. The third-order valence-corrected chi connectivity index (χ3v) is 2.78. The van der Waals surface area contributed by atoms with Crippen LogP contribution in [0.15, 0.2) is 40.5 Å². The van der Waals surface area contributed by atoms with E-state index < -0.39 is 11.9 Å². The van der Waals surface area contributed by atoms with Gasteiger partial charge in [0.05, 0.1) is 11.9 Å². The van der Waals surface area contributed by atoms with E-state index in [2.05, 4.69) is 15.3 Å². The summed E-state index contributed by atoms with van der Waals surface area (Å²) in [5.41, 5.74) is 10.7. The van der Waals surface area contributed by atoms with Gasteiger partial charge in [0.1, 0.15) is 0 Å². The van der Waals surface area contributed by atoms with Crippen LogP contribution in [0.3, 0.4) is 0 Å². The lowest BCUT2D eigenvalue weighted by Gasteiger charge is -2.05. The van der Waals surface area contributed by atoms with Crippen molar-refractivity contribution in [1.82, 2.24) is 9.78 Å². The minimum absolute atomic E-state index is 0.214. The normalized spacial score (nSPS) is 11.8. The highest BCUT2D eigenvalue weighted by Gasteiger charge is 2.34. The van der Waals surface area contributed by atoms with Crippen LogP contribution in [-0.2, 0) is 13.2 Å². The van der Waals surface area contributed by atoms with Crippen molar-refractivity contribution in [2.24, 2.45) is 28.7 Å². The Kier molecular flexibility index (Phi) is 4.15. The van der Waals surface area contributed by atoms with Crippen LogP contribution in [0.5, 0.6) is 0 Å². The molecule has 0 fully saturated rings. The molecule has 2 aromatic rings. The van der Waals surface area contributed by atoms with Gasteiger partial charge in [0, 0.05) is 18.2 Å². The molecule has 1 aromatic carbocycles. The van der Waals surface area contributed by atoms with Crippen LogP contribution in [0.1, 0.15) is 11.3 Å². The second kappa shape index (κ2) is 5.88. The smallest absolute Gasteiger partial charge is 0.369 e. The number of hydrogen-bond donors (Lipinski definition) is 2. The van der Waals surface area contributed by atoms with Crippen LogP contribution in [0.4, 0.5) is 13.2 Å². The van der Waals surface area contributed by atoms with Crippen molar-refractivity contribution < 1.29 is 13.2 Å². The highest BCUT2D eigenvalue weighted by molar-refractivity contribution is 5.90. The molecule has 0 radical (unpaired) electrons. The van der Waals surface area contributed by atoms with Gasteiger partial charge in [0.15, 0.2) is 5.69 Å². The molecule has 9 heteroatoms. The molecular formula is C13H13F3N6. The Bertz CT molecular complexity index is 726. The second-order valence-corrected chi connectivity index (χ2v) is 4.39. The molecule has 6 nitrogen and oxygen atoms in total. The van der Waals surface area contributed by atoms with Gasteiger partial charge in [-0.05, 0) is 6.07 Å². The van der Waals surface area contributed by atoms with Gasteiger partial charge in [-0.25, -0.2) is 0 Å². The number of aryl methyl sites for hydroxylation is 1. The maximum Gasteiger partial charge on any atom is 0.435 e. The monoisotopic (exact) mass is 310 g/mol. The molecule has 22 heavy (non-hydrogen) atoms. The van der Waals surface area contributed by atoms with Gasteiger partial charge in [-0.15, -0.1) is 5.10 Å². The number of rotatable bonds is 3. The second-order valence-electron chi connectivity index (χ2n) is 4.39. The Morgan fingerprint density at radius 2 is 1.95 bits per heavy atom. The first-order valence-corrected chi connectivity index (χ1v) is 6.11. The molecule has 1 heterocycles. The van der Waals surface area contributed by atoms with Crippen LogP contribution < -0.4 is 11.5 Å². The van der Waals surface area contributed by atoms with Crippen molar-refractivity contribution in [3.05, 3.63) is 41.6 Å². The van der Waals surface area contributed by atoms with Crippen molar-refractivity contribution in [2.75, 3.05) is 0 Å². The number of guanidine groups is 1. The Hall–Kier alpha value is -2.84. The predicted molar refractivity (Wildman–Crippen MR) is 77.0 cm³/mol. The van der Waals surface area contributed by atoms with Gasteiger partial charge in [0.2, 0.25) is 5.96 Å². The summed E-state index contributed by atoms with van der Waals surface area (Å²) in [6.45, 7) is 0. The standard InChI is InChI=1S/C13H13F3N6/c1-22-10(6-11(21-22)13(14,15)16)9-5-3-2-4-8(9)7-19-20-12(17)18/h2-7H,1H3,(H4,17,18,20). The van der Waals surface area contributed by atoms with Crippen LogP contribution in [-0.4, -0.2) is 22.0 Å². The molecule has 0 saturated heterocycles. The summed E-state index contributed by atoms with van der Waals surface area (Å²) in [5.74, 6) is -0.214. The highest BCUT2D eigenvalue weighted by atomic mass is 19.4. The lowest BCUT2D eigenvalue weighted by atomic mass is 10.1. The minimum Gasteiger partial charge on any atom is -0.369 e. The first-order valence-electron chi connectivity index (χ1n) is 6.11. The van der Waals surface area contributed by atoms with Gasteiger partial charge in [0.25, 0.3) is 0 Å². The van der Waals surface area contributed by atoms with E-state index in [1.807, 2.05) is 0 Å². The van der Waals surface area contributed by atoms with E-state index in [0.29, 0.717) is 16.8 Å². The zero-order chi connectivity index (χ0) is 16.3. The summed E-state index contributed by atoms with van der Waals surface area (Å²) < 4.78 is 39.4. The van der Waals surface area contributed by atoms with E-state index in [1.54, 1.807) is 24.3 Å². The van der Waals surface area contributed by atoms with Crippen molar-refractivity contribution in [3.63, 3.8) is 0 Å². The van der Waals surface area contributed by atoms with Crippen molar-refractivity contribution in [2.45, 2.75) is 6.18 Å². The van der Waals surface area contributed by atoms with Gasteiger partial charge >= 0.3 is 6.18 Å². The SMILES string of the molecule is Cn1nc(C(F)(F)F)cc1-c1ccccc1C=NN=C(N)N. The molecule has 0 aliphatic carbocycles. The highest BCUT2D eigenvalue weighted by Crippen LogP contribution is 2.32. The molecule has 0 atom stereocenters. The number of benzene rings is 1. The van der Waals surface area contributed by atoms with Gasteiger partial charge in [-0.3, -0.25) is 4.68 Å². The van der Waals surface area contributed by atoms with E-state index >= 15 is 0 Å². The third kappa shape index (κ3) is 3.43. The number of nitrogens with two attached hydrogens (primary N) is 2. The molecule has 0 aliphatic rings. The number of alkyl halides is 3. The average Bonchev–Trinajstić information content (AvgIpc) is 2.81. The number of halogens is 3. The molecule has 116 valence electrons. The van der Waals surface area contributed by atoms with Crippen molar-refractivity contribution in [1.29, 1.82) is 0 Å². The summed E-state index contributed by atoms with van der Waals surface area (Å²) in [6.07, 6.45) is -3.15. The largest absolute Gasteiger partial charge is 0.435 e. The molecule has 1 aromatic heterocycles. The molecule has 0 unspecified atom stereocenters. The first kappa shape index (κ1) is 15.5.